The minimum absolute atomic E-state index is 0.324. The van der Waals surface area contributed by atoms with Crippen molar-refractivity contribution in [2.75, 3.05) is 46.8 Å². The second kappa shape index (κ2) is 15.4. The lowest BCUT2D eigenvalue weighted by Crippen LogP contribution is -2.12. The number of ether oxygens (including phenoxy) is 4. The Morgan fingerprint density at radius 2 is 1.15 bits per heavy atom. The third-order valence-electron chi connectivity index (χ3n) is 2.94. The van der Waals surface area contributed by atoms with Gasteiger partial charge in [-0.15, -0.1) is 0 Å². The Labute approximate surface area is 182 Å². The molecular formula is C19H24I2O5. The molecule has 2 aromatic rings. The van der Waals surface area contributed by atoms with Crippen LogP contribution in [0.25, 0.3) is 0 Å². The maximum atomic E-state index is 8.75. The topological polar surface area (TPSA) is 57.2 Å². The van der Waals surface area contributed by atoms with Gasteiger partial charge in [-0.25, -0.2) is 0 Å². The molecule has 0 aliphatic carbocycles. The van der Waals surface area contributed by atoms with E-state index in [1.807, 2.05) is 36.4 Å². The lowest BCUT2D eigenvalue weighted by atomic mass is 10.3. The number of hydrogen-bond donors (Lipinski definition) is 1. The van der Waals surface area contributed by atoms with Crippen molar-refractivity contribution in [2.24, 2.45) is 0 Å². The Kier molecular flexibility index (Phi) is 13.9. The predicted molar refractivity (Wildman–Crippen MR) is 119 cm³/mol. The van der Waals surface area contributed by atoms with Crippen molar-refractivity contribution in [3.05, 3.63) is 55.7 Å². The van der Waals surface area contributed by atoms with Gasteiger partial charge in [0.05, 0.1) is 33.0 Å². The van der Waals surface area contributed by atoms with Crippen molar-refractivity contribution < 1.29 is 24.1 Å². The summed E-state index contributed by atoms with van der Waals surface area (Å²) in [7, 11) is 1.65. The molecule has 1 N–H and O–H groups in total. The van der Waals surface area contributed by atoms with E-state index in [1.165, 1.54) is 3.57 Å². The number of benzene rings is 2. The molecule has 0 saturated heterocycles. The summed E-state index contributed by atoms with van der Waals surface area (Å²) in [6.45, 7) is 3.53. The van der Waals surface area contributed by atoms with E-state index in [-0.39, 0.29) is 0 Å². The maximum absolute atomic E-state index is 8.75. The van der Waals surface area contributed by atoms with E-state index in [2.05, 4.69) is 45.2 Å². The number of halogens is 2. The maximum Gasteiger partial charge on any atom is 0.119 e. The summed E-state index contributed by atoms with van der Waals surface area (Å²) >= 11 is 4.45. The lowest BCUT2D eigenvalue weighted by Gasteiger charge is -2.07. The van der Waals surface area contributed by atoms with Crippen molar-refractivity contribution >= 4 is 45.2 Å². The van der Waals surface area contributed by atoms with Crippen LogP contribution < -0.4 is 4.74 Å². The molecule has 0 radical (unpaired) electrons. The zero-order valence-electron chi connectivity index (χ0n) is 14.7. The third kappa shape index (κ3) is 12.7. The van der Waals surface area contributed by atoms with Crippen LogP contribution in [0.1, 0.15) is 0 Å². The van der Waals surface area contributed by atoms with Crippen LogP contribution in [0, 0.1) is 7.14 Å². The molecule has 0 atom stereocenters. The highest BCUT2D eigenvalue weighted by Gasteiger charge is 1.94. The van der Waals surface area contributed by atoms with Gasteiger partial charge in [-0.05, 0) is 93.7 Å². The summed E-state index contributed by atoms with van der Waals surface area (Å²) in [5.41, 5.74) is 0. The molecule has 0 unspecified atom stereocenters. The van der Waals surface area contributed by atoms with Crippen molar-refractivity contribution in [1.29, 1.82) is 0 Å². The number of methoxy groups -OCH3 is 1. The molecule has 2 aromatic carbocycles. The highest BCUT2D eigenvalue weighted by atomic mass is 127. The first kappa shape index (κ1) is 23.4. The Morgan fingerprint density at radius 3 is 1.65 bits per heavy atom. The molecule has 5 nitrogen and oxygen atoms in total. The number of phenolic OH excluding ortho intramolecular Hbond substituents is 1. The van der Waals surface area contributed by atoms with Crippen molar-refractivity contribution in [3.8, 4) is 11.5 Å². The van der Waals surface area contributed by atoms with Gasteiger partial charge in [0.15, 0.2) is 0 Å². The first-order chi connectivity index (χ1) is 12.6. The first-order valence-corrected chi connectivity index (χ1v) is 10.2. The van der Waals surface area contributed by atoms with E-state index in [9.17, 15) is 0 Å². The van der Waals surface area contributed by atoms with Crippen molar-refractivity contribution in [2.45, 2.75) is 0 Å². The molecule has 0 heterocycles. The fourth-order valence-electron chi connectivity index (χ4n) is 1.65. The fraction of sp³-hybridized carbons (Fsp3) is 0.368. The molecule has 0 saturated carbocycles. The molecule has 0 aliphatic heterocycles. The van der Waals surface area contributed by atoms with Gasteiger partial charge in [0, 0.05) is 14.3 Å². The normalized spacial score (nSPS) is 10.1. The van der Waals surface area contributed by atoms with Crippen LogP contribution in [0.3, 0.4) is 0 Å². The predicted octanol–water partition coefficient (Wildman–Crippen LogP) is 4.35. The van der Waals surface area contributed by atoms with Crippen molar-refractivity contribution in [3.63, 3.8) is 0 Å². The van der Waals surface area contributed by atoms with Crippen LogP contribution in [0.15, 0.2) is 48.5 Å². The molecule has 7 heteroatoms. The summed E-state index contributed by atoms with van der Waals surface area (Å²) in [6, 6.07) is 15.0. The van der Waals surface area contributed by atoms with Gasteiger partial charge in [0.2, 0.25) is 0 Å². The SMILES string of the molecule is COCCOCCOCCOc1ccc(I)cc1.Oc1ccc(I)cc1. The van der Waals surface area contributed by atoms with E-state index in [4.69, 9.17) is 24.1 Å². The largest absolute Gasteiger partial charge is 0.508 e. The molecule has 0 aromatic heterocycles. The smallest absolute Gasteiger partial charge is 0.119 e. The summed E-state index contributed by atoms with van der Waals surface area (Å²) in [4.78, 5) is 0. The quantitative estimate of drug-likeness (QED) is 0.332. The van der Waals surface area contributed by atoms with E-state index < -0.39 is 0 Å². The molecule has 0 spiro atoms. The highest BCUT2D eigenvalue weighted by Crippen LogP contribution is 2.13. The molecule has 0 amide bonds. The van der Waals surface area contributed by atoms with E-state index in [1.54, 1.807) is 19.2 Å². The van der Waals surface area contributed by atoms with E-state index >= 15 is 0 Å². The third-order valence-corrected chi connectivity index (χ3v) is 4.38. The second-order valence-electron chi connectivity index (χ2n) is 5.00. The molecule has 0 aliphatic rings. The average molecular weight is 586 g/mol. The Balaban J connectivity index is 0.000000350. The van der Waals surface area contributed by atoms with Crippen LogP contribution in [0.2, 0.25) is 0 Å². The number of aromatic hydroxyl groups is 1. The Hall–Kier alpha value is -0.620. The van der Waals surface area contributed by atoms with Gasteiger partial charge in [-0.3, -0.25) is 0 Å². The average Bonchev–Trinajstić information content (AvgIpc) is 2.65. The minimum Gasteiger partial charge on any atom is -0.508 e. The summed E-state index contributed by atoms with van der Waals surface area (Å²) in [5.74, 6) is 1.20. The van der Waals surface area contributed by atoms with Crippen LogP contribution in [-0.4, -0.2) is 51.9 Å². The zero-order valence-corrected chi connectivity index (χ0v) is 19.0. The number of phenols is 1. The molecule has 0 bridgehead atoms. The standard InChI is InChI=1S/C13H19IO4.C6H5IO/c1-15-6-7-16-8-9-17-10-11-18-13-4-2-12(14)3-5-13;7-5-1-3-6(8)4-2-5/h2-5H,6-11H2,1H3;1-4,8H. The summed E-state index contributed by atoms with van der Waals surface area (Å²) < 4.78 is 23.3. The molecular weight excluding hydrogens is 562 g/mol. The van der Waals surface area contributed by atoms with Crippen molar-refractivity contribution in [1.82, 2.24) is 0 Å². The fourth-order valence-corrected chi connectivity index (χ4v) is 2.37. The van der Waals surface area contributed by atoms with Crippen LogP contribution in [0.4, 0.5) is 0 Å². The Bertz CT molecular complexity index is 554. The van der Waals surface area contributed by atoms with Crippen LogP contribution in [-0.2, 0) is 14.2 Å². The van der Waals surface area contributed by atoms with Gasteiger partial charge in [0.25, 0.3) is 0 Å². The summed E-state index contributed by atoms with van der Waals surface area (Å²) in [6.07, 6.45) is 0. The Morgan fingerprint density at radius 1 is 0.692 bits per heavy atom. The van der Waals surface area contributed by atoms with Gasteiger partial charge in [-0.2, -0.15) is 0 Å². The van der Waals surface area contributed by atoms with Gasteiger partial charge < -0.3 is 24.1 Å². The van der Waals surface area contributed by atoms with E-state index in [0.29, 0.717) is 45.4 Å². The van der Waals surface area contributed by atoms with Gasteiger partial charge >= 0.3 is 0 Å². The molecule has 26 heavy (non-hydrogen) atoms. The molecule has 2 rings (SSSR count). The molecule has 0 fully saturated rings. The second-order valence-corrected chi connectivity index (χ2v) is 7.49. The first-order valence-electron chi connectivity index (χ1n) is 8.09. The van der Waals surface area contributed by atoms with Gasteiger partial charge in [-0.1, -0.05) is 0 Å². The van der Waals surface area contributed by atoms with Crippen LogP contribution in [0.5, 0.6) is 11.5 Å². The molecule has 144 valence electrons. The lowest BCUT2D eigenvalue weighted by molar-refractivity contribution is 0.0180. The zero-order chi connectivity index (χ0) is 19.0. The van der Waals surface area contributed by atoms with Crippen LogP contribution >= 0.6 is 45.2 Å². The summed E-state index contributed by atoms with van der Waals surface area (Å²) in [5, 5.41) is 8.75. The minimum atomic E-state index is 0.324. The van der Waals surface area contributed by atoms with Gasteiger partial charge in [0.1, 0.15) is 18.1 Å². The van der Waals surface area contributed by atoms with E-state index in [0.717, 1.165) is 9.32 Å². The highest BCUT2D eigenvalue weighted by molar-refractivity contribution is 14.1. The number of hydrogen-bond acceptors (Lipinski definition) is 5. The number of rotatable bonds is 10. The monoisotopic (exact) mass is 586 g/mol.